The van der Waals surface area contributed by atoms with Crippen LogP contribution in [0.25, 0.3) is 71.7 Å². The third kappa shape index (κ3) is 3.88. The lowest BCUT2D eigenvalue weighted by Crippen LogP contribution is -1.95. The molecule has 1 aliphatic carbocycles. The van der Waals surface area contributed by atoms with E-state index in [2.05, 4.69) is 167 Å². The molecule has 0 saturated carbocycles. The molecule has 8 aromatic rings. The number of aromatic nitrogens is 2. The zero-order valence-electron chi connectivity index (χ0n) is 24.3. The highest BCUT2D eigenvalue weighted by Crippen LogP contribution is 2.38. The van der Waals surface area contributed by atoms with Gasteiger partial charge in [0.2, 0.25) is 0 Å². The number of hydrogen-bond donors (Lipinski definition) is 0. The number of fused-ring (bicyclic) bond motifs is 6. The van der Waals surface area contributed by atoms with Gasteiger partial charge in [-0.3, -0.25) is 0 Å². The van der Waals surface area contributed by atoms with Crippen LogP contribution in [0.15, 0.2) is 158 Å². The summed E-state index contributed by atoms with van der Waals surface area (Å²) in [6.07, 6.45) is 9.14. The highest BCUT2D eigenvalue weighted by atomic mass is 15.0. The molecule has 0 amide bonds. The van der Waals surface area contributed by atoms with Gasteiger partial charge in [-0.15, -0.1) is 0 Å². The molecule has 0 aliphatic heterocycles. The Labute approximate surface area is 256 Å². The van der Waals surface area contributed by atoms with Gasteiger partial charge in [0, 0.05) is 32.9 Å². The van der Waals surface area contributed by atoms with Gasteiger partial charge in [-0.2, -0.15) is 0 Å². The van der Waals surface area contributed by atoms with Crippen molar-refractivity contribution in [3.05, 3.63) is 163 Å². The Balaban J connectivity index is 1.21. The molecule has 0 unspecified atom stereocenters. The van der Waals surface area contributed by atoms with E-state index >= 15 is 0 Å². The summed E-state index contributed by atoms with van der Waals surface area (Å²) in [6.45, 7) is 0. The first-order valence-corrected chi connectivity index (χ1v) is 15.4. The number of para-hydroxylation sites is 3. The lowest BCUT2D eigenvalue weighted by molar-refractivity contribution is 1.04. The van der Waals surface area contributed by atoms with Crippen LogP contribution in [0.5, 0.6) is 0 Å². The summed E-state index contributed by atoms with van der Waals surface area (Å²) in [5, 5.41) is 5.11. The van der Waals surface area contributed by atoms with Crippen LogP contribution in [0.4, 0.5) is 0 Å². The molecule has 0 saturated heterocycles. The van der Waals surface area contributed by atoms with Crippen molar-refractivity contribution < 1.29 is 0 Å². The van der Waals surface area contributed by atoms with E-state index in [1.54, 1.807) is 0 Å². The summed E-state index contributed by atoms with van der Waals surface area (Å²) in [5.41, 5.74) is 12.3. The molecule has 9 rings (SSSR count). The standard InChI is InChI=1S/C42H30N2/c1-3-12-29(13-4-1)31-22-24-42-37(27-31)36-19-8-10-21-40(36)44(42)34-17-11-14-30(26-34)32-23-25-41-38(28-32)35-18-7-9-20-39(35)43(41)33-15-5-2-6-16-33/h2-3,5-28H,1,4H2. The lowest BCUT2D eigenvalue weighted by Gasteiger charge is -2.12. The van der Waals surface area contributed by atoms with Crippen LogP contribution in [-0.2, 0) is 0 Å². The Kier molecular flexibility index (Phi) is 5.67. The molecule has 0 N–H and O–H groups in total. The topological polar surface area (TPSA) is 9.86 Å². The highest BCUT2D eigenvalue weighted by Gasteiger charge is 2.16. The molecule has 6 aromatic carbocycles. The van der Waals surface area contributed by atoms with Crippen molar-refractivity contribution >= 4 is 49.2 Å². The number of hydrogen-bond acceptors (Lipinski definition) is 0. The van der Waals surface area contributed by atoms with Crippen molar-refractivity contribution in [3.63, 3.8) is 0 Å². The Morgan fingerprint density at radius 2 is 0.955 bits per heavy atom. The van der Waals surface area contributed by atoms with E-state index < -0.39 is 0 Å². The number of rotatable bonds is 4. The quantitative estimate of drug-likeness (QED) is 0.202. The summed E-state index contributed by atoms with van der Waals surface area (Å²) >= 11 is 0. The molecule has 0 bridgehead atoms. The molecule has 2 heteroatoms. The minimum atomic E-state index is 1.11. The van der Waals surface area contributed by atoms with Gasteiger partial charge in [0.05, 0.1) is 22.1 Å². The second-order valence-electron chi connectivity index (χ2n) is 11.7. The van der Waals surface area contributed by atoms with Crippen LogP contribution in [0.2, 0.25) is 0 Å². The summed E-state index contributed by atoms with van der Waals surface area (Å²) < 4.78 is 4.79. The fraction of sp³-hybridized carbons (Fsp3) is 0.0476. The Morgan fingerprint density at radius 1 is 0.386 bits per heavy atom. The predicted molar refractivity (Wildman–Crippen MR) is 187 cm³/mol. The Morgan fingerprint density at radius 3 is 1.66 bits per heavy atom. The van der Waals surface area contributed by atoms with Gasteiger partial charge in [0.15, 0.2) is 0 Å². The Hall–Kier alpha value is -5.60. The van der Waals surface area contributed by atoms with Gasteiger partial charge in [0.1, 0.15) is 0 Å². The van der Waals surface area contributed by atoms with Crippen LogP contribution >= 0.6 is 0 Å². The van der Waals surface area contributed by atoms with Crippen molar-refractivity contribution in [3.8, 4) is 22.5 Å². The summed E-state index contributed by atoms with van der Waals surface area (Å²) in [7, 11) is 0. The minimum absolute atomic E-state index is 1.11. The van der Waals surface area contributed by atoms with E-state index in [9.17, 15) is 0 Å². The maximum atomic E-state index is 2.42. The molecular formula is C42H30N2. The molecule has 2 heterocycles. The van der Waals surface area contributed by atoms with Gasteiger partial charge in [-0.05, 0) is 95.8 Å². The highest BCUT2D eigenvalue weighted by molar-refractivity contribution is 6.11. The van der Waals surface area contributed by atoms with Crippen molar-refractivity contribution in [2.45, 2.75) is 12.8 Å². The first-order chi connectivity index (χ1) is 21.8. The SMILES string of the molecule is C1=CC(c2ccc3c(c2)c2ccccc2n3-c2cccc(-c3ccc4c(c3)c3ccccc3n4-c3ccccc3)c2)=CCC1. The molecule has 2 aromatic heterocycles. The van der Waals surface area contributed by atoms with Crippen molar-refractivity contribution in [2.75, 3.05) is 0 Å². The third-order valence-corrected chi connectivity index (χ3v) is 9.13. The number of allylic oxidation sites excluding steroid dienone is 4. The third-order valence-electron chi connectivity index (χ3n) is 9.13. The normalized spacial score (nSPS) is 13.3. The zero-order chi connectivity index (χ0) is 29.0. The van der Waals surface area contributed by atoms with Gasteiger partial charge in [-0.1, -0.05) is 97.1 Å². The average molecular weight is 563 g/mol. The fourth-order valence-electron chi connectivity index (χ4n) is 7.09. The largest absolute Gasteiger partial charge is 0.309 e. The Bertz CT molecular complexity index is 2430. The van der Waals surface area contributed by atoms with Crippen LogP contribution in [0.1, 0.15) is 18.4 Å². The van der Waals surface area contributed by atoms with E-state index in [-0.39, 0.29) is 0 Å². The second-order valence-corrected chi connectivity index (χ2v) is 11.7. The fourth-order valence-corrected chi connectivity index (χ4v) is 7.09. The van der Waals surface area contributed by atoms with Crippen molar-refractivity contribution in [1.82, 2.24) is 9.13 Å². The van der Waals surface area contributed by atoms with Crippen LogP contribution < -0.4 is 0 Å². The van der Waals surface area contributed by atoms with E-state index in [1.165, 1.54) is 77.2 Å². The smallest absolute Gasteiger partial charge is 0.0541 e. The number of nitrogens with zero attached hydrogens (tertiary/aromatic N) is 2. The molecular weight excluding hydrogens is 532 g/mol. The molecule has 2 nitrogen and oxygen atoms in total. The lowest BCUT2D eigenvalue weighted by atomic mass is 9.98. The van der Waals surface area contributed by atoms with Crippen molar-refractivity contribution in [2.24, 2.45) is 0 Å². The zero-order valence-corrected chi connectivity index (χ0v) is 24.3. The van der Waals surface area contributed by atoms with E-state index in [0.29, 0.717) is 0 Å². The summed E-state index contributed by atoms with van der Waals surface area (Å²) in [4.78, 5) is 0. The molecule has 0 spiro atoms. The molecule has 1 aliphatic rings. The molecule has 44 heavy (non-hydrogen) atoms. The van der Waals surface area contributed by atoms with Crippen LogP contribution in [-0.4, -0.2) is 9.13 Å². The van der Waals surface area contributed by atoms with Crippen LogP contribution in [0.3, 0.4) is 0 Å². The summed E-state index contributed by atoms with van der Waals surface area (Å²) in [5.74, 6) is 0. The van der Waals surface area contributed by atoms with Gasteiger partial charge in [-0.25, -0.2) is 0 Å². The van der Waals surface area contributed by atoms with E-state index in [4.69, 9.17) is 0 Å². The van der Waals surface area contributed by atoms with Gasteiger partial charge < -0.3 is 9.13 Å². The summed E-state index contributed by atoms with van der Waals surface area (Å²) in [6, 6.07) is 51.0. The second kappa shape index (κ2) is 10.00. The van der Waals surface area contributed by atoms with Crippen molar-refractivity contribution in [1.29, 1.82) is 0 Å². The van der Waals surface area contributed by atoms with E-state index in [1.807, 2.05) is 0 Å². The van der Waals surface area contributed by atoms with Gasteiger partial charge in [0.25, 0.3) is 0 Å². The first-order valence-electron chi connectivity index (χ1n) is 15.4. The molecule has 0 radical (unpaired) electrons. The molecule has 0 atom stereocenters. The maximum Gasteiger partial charge on any atom is 0.0541 e. The average Bonchev–Trinajstić information content (AvgIpc) is 3.61. The van der Waals surface area contributed by atoms with Gasteiger partial charge >= 0.3 is 0 Å². The maximum absolute atomic E-state index is 2.42. The predicted octanol–water partition coefficient (Wildman–Crippen LogP) is 11.3. The molecule has 0 fully saturated rings. The minimum Gasteiger partial charge on any atom is -0.309 e. The monoisotopic (exact) mass is 562 g/mol. The first kappa shape index (κ1) is 24.9. The van der Waals surface area contributed by atoms with E-state index in [0.717, 1.165) is 12.8 Å². The number of benzene rings is 6. The molecule has 208 valence electrons. The van der Waals surface area contributed by atoms with Crippen LogP contribution in [0, 0.1) is 0 Å².